The molecular formula is C15H22N2. The van der Waals surface area contributed by atoms with Crippen LogP contribution in [0, 0.1) is 5.92 Å². The van der Waals surface area contributed by atoms with Crippen LogP contribution in [0.4, 0.5) is 0 Å². The minimum Gasteiger partial charge on any atom is -0.324 e. The van der Waals surface area contributed by atoms with Crippen molar-refractivity contribution in [1.82, 2.24) is 9.72 Å². The molecule has 2 aromatic heterocycles. The van der Waals surface area contributed by atoms with Gasteiger partial charge in [0.1, 0.15) is 0 Å². The highest BCUT2D eigenvalue weighted by atomic mass is 14.9. The molecule has 0 aromatic carbocycles. The maximum Gasteiger partial charge on any atom is 0.0482 e. The minimum absolute atomic E-state index is 0.561. The monoisotopic (exact) mass is 230 g/mol. The molecule has 2 heteroatoms. The van der Waals surface area contributed by atoms with Gasteiger partial charge >= 0.3 is 0 Å². The highest BCUT2D eigenvalue weighted by molar-refractivity contribution is 5.55. The third-order valence-corrected chi connectivity index (χ3v) is 3.80. The van der Waals surface area contributed by atoms with Gasteiger partial charge in [-0.1, -0.05) is 26.3 Å². The third-order valence-electron chi connectivity index (χ3n) is 3.80. The second-order valence-corrected chi connectivity index (χ2v) is 4.82. The van der Waals surface area contributed by atoms with Gasteiger partial charge in [0.15, 0.2) is 0 Å². The van der Waals surface area contributed by atoms with Crippen LogP contribution in [0.2, 0.25) is 0 Å². The summed E-state index contributed by atoms with van der Waals surface area (Å²) in [5, 5.41) is 3.45. The van der Waals surface area contributed by atoms with Gasteiger partial charge in [0, 0.05) is 24.0 Å². The second kappa shape index (κ2) is 5.37. The quantitative estimate of drug-likeness (QED) is 0.835. The second-order valence-electron chi connectivity index (χ2n) is 4.82. The molecule has 2 heterocycles. The van der Waals surface area contributed by atoms with Gasteiger partial charge in [-0.15, -0.1) is 0 Å². The summed E-state index contributed by atoms with van der Waals surface area (Å²) in [5.74, 6) is 0.707. The van der Waals surface area contributed by atoms with Crippen LogP contribution >= 0.6 is 0 Å². The number of pyridine rings is 1. The number of nitrogens with one attached hydrogen (secondary N) is 1. The normalized spacial score (nSPS) is 15.0. The molecule has 2 unspecified atom stereocenters. The summed E-state index contributed by atoms with van der Waals surface area (Å²) in [6.07, 6.45) is 6.58. The summed E-state index contributed by atoms with van der Waals surface area (Å²) >= 11 is 0. The number of rotatable bonds is 5. The minimum atomic E-state index is 0.561. The Morgan fingerprint density at radius 1 is 1.24 bits per heavy atom. The van der Waals surface area contributed by atoms with Gasteiger partial charge in [-0.3, -0.25) is 0 Å². The molecule has 17 heavy (non-hydrogen) atoms. The van der Waals surface area contributed by atoms with Crippen molar-refractivity contribution >= 4 is 5.52 Å². The summed E-state index contributed by atoms with van der Waals surface area (Å²) in [6, 6.07) is 9.17. The van der Waals surface area contributed by atoms with Gasteiger partial charge in [0.25, 0.3) is 0 Å². The molecule has 2 aromatic rings. The van der Waals surface area contributed by atoms with Crippen molar-refractivity contribution < 1.29 is 0 Å². The lowest BCUT2D eigenvalue weighted by atomic mass is 9.93. The van der Waals surface area contributed by atoms with E-state index >= 15 is 0 Å². The van der Waals surface area contributed by atoms with Gasteiger partial charge in [-0.2, -0.15) is 0 Å². The summed E-state index contributed by atoms with van der Waals surface area (Å²) in [6.45, 7) is 4.58. The van der Waals surface area contributed by atoms with Crippen molar-refractivity contribution in [1.29, 1.82) is 0 Å². The zero-order valence-corrected chi connectivity index (χ0v) is 11.0. The smallest absolute Gasteiger partial charge is 0.0482 e. The summed E-state index contributed by atoms with van der Waals surface area (Å²) < 4.78 is 2.19. The van der Waals surface area contributed by atoms with Crippen LogP contribution < -0.4 is 5.32 Å². The molecule has 0 aliphatic rings. The van der Waals surface area contributed by atoms with E-state index in [9.17, 15) is 0 Å². The van der Waals surface area contributed by atoms with Gasteiger partial charge in [-0.25, -0.2) is 0 Å². The van der Waals surface area contributed by atoms with Crippen molar-refractivity contribution in [2.24, 2.45) is 5.92 Å². The molecule has 2 atom stereocenters. The van der Waals surface area contributed by atoms with Crippen LogP contribution in [-0.4, -0.2) is 17.5 Å². The number of likely N-dealkylation sites (N-methyl/N-ethyl adjacent to an activating group) is 1. The first-order valence-corrected chi connectivity index (χ1v) is 6.48. The Morgan fingerprint density at radius 3 is 2.76 bits per heavy atom. The average molecular weight is 230 g/mol. The fourth-order valence-corrected chi connectivity index (χ4v) is 2.40. The highest BCUT2D eigenvalue weighted by Gasteiger charge is 2.15. The number of aromatic nitrogens is 1. The average Bonchev–Trinajstić information content (AvgIpc) is 2.78. The number of hydrogen-bond donors (Lipinski definition) is 1. The lowest BCUT2D eigenvalue weighted by Gasteiger charge is -2.22. The molecule has 0 saturated carbocycles. The first kappa shape index (κ1) is 12.2. The van der Waals surface area contributed by atoms with Crippen molar-refractivity contribution in [2.45, 2.75) is 32.7 Å². The van der Waals surface area contributed by atoms with Crippen LogP contribution in [0.3, 0.4) is 0 Å². The topological polar surface area (TPSA) is 16.4 Å². The van der Waals surface area contributed by atoms with Gasteiger partial charge in [-0.05, 0) is 43.1 Å². The predicted molar refractivity (Wildman–Crippen MR) is 73.4 cm³/mol. The number of nitrogens with zero attached hydrogens (tertiary/aromatic N) is 1. The van der Waals surface area contributed by atoms with Gasteiger partial charge < -0.3 is 9.72 Å². The summed E-state index contributed by atoms with van der Waals surface area (Å²) in [4.78, 5) is 0. The van der Waals surface area contributed by atoms with E-state index in [2.05, 4.69) is 67.3 Å². The fraction of sp³-hybridized carbons (Fsp3) is 0.467. The maximum absolute atomic E-state index is 3.45. The third kappa shape index (κ3) is 2.52. The van der Waals surface area contributed by atoms with Gasteiger partial charge in [0.05, 0.1) is 0 Å². The lowest BCUT2D eigenvalue weighted by molar-refractivity contribution is 0.387. The van der Waals surface area contributed by atoms with Crippen molar-refractivity contribution in [3.8, 4) is 0 Å². The highest BCUT2D eigenvalue weighted by Crippen LogP contribution is 2.18. The van der Waals surface area contributed by atoms with E-state index in [0.29, 0.717) is 12.0 Å². The van der Waals surface area contributed by atoms with Crippen molar-refractivity contribution in [2.75, 3.05) is 7.05 Å². The molecule has 0 aliphatic heterocycles. The molecule has 2 nitrogen and oxygen atoms in total. The first-order chi connectivity index (χ1) is 8.26. The Hall–Kier alpha value is -1.28. The van der Waals surface area contributed by atoms with Crippen LogP contribution in [-0.2, 0) is 6.42 Å². The Bertz CT molecular complexity index is 472. The van der Waals surface area contributed by atoms with E-state index in [-0.39, 0.29) is 0 Å². The molecule has 92 valence electrons. The number of hydrogen-bond acceptors (Lipinski definition) is 1. The van der Waals surface area contributed by atoms with E-state index in [4.69, 9.17) is 0 Å². The molecule has 1 N–H and O–H groups in total. The Balaban J connectivity index is 2.22. The number of fused-ring (bicyclic) bond motifs is 1. The molecule has 0 spiro atoms. The maximum atomic E-state index is 3.45. The van der Waals surface area contributed by atoms with Crippen LogP contribution in [0.25, 0.3) is 5.52 Å². The molecule has 0 fully saturated rings. The Morgan fingerprint density at radius 2 is 2.06 bits per heavy atom. The van der Waals surface area contributed by atoms with Gasteiger partial charge in [0.2, 0.25) is 0 Å². The molecule has 0 saturated heterocycles. The summed E-state index contributed by atoms with van der Waals surface area (Å²) in [7, 11) is 2.06. The molecular weight excluding hydrogens is 208 g/mol. The summed E-state index contributed by atoms with van der Waals surface area (Å²) in [5.41, 5.74) is 2.77. The van der Waals surface area contributed by atoms with Crippen molar-refractivity contribution in [3.05, 3.63) is 42.2 Å². The molecule has 0 aliphatic carbocycles. The molecule has 2 rings (SSSR count). The predicted octanol–water partition coefficient (Wildman–Crippen LogP) is 3.12. The van der Waals surface area contributed by atoms with E-state index in [1.165, 1.54) is 17.5 Å². The van der Waals surface area contributed by atoms with E-state index < -0.39 is 0 Å². The molecule has 0 amide bonds. The van der Waals surface area contributed by atoms with Crippen molar-refractivity contribution in [3.63, 3.8) is 0 Å². The van der Waals surface area contributed by atoms with Crippen LogP contribution in [0.1, 0.15) is 25.8 Å². The standard InChI is InChI=1S/C15H22N2/c1-4-12(2)14(16-3)11-13-8-10-17-9-6-5-7-15(13)17/h5-10,12,14,16H,4,11H2,1-3H3. The largest absolute Gasteiger partial charge is 0.324 e. The molecule has 0 bridgehead atoms. The van der Waals surface area contributed by atoms with Crippen LogP contribution in [0.5, 0.6) is 0 Å². The zero-order chi connectivity index (χ0) is 12.3. The molecule has 0 radical (unpaired) electrons. The zero-order valence-electron chi connectivity index (χ0n) is 11.0. The Kier molecular flexibility index (Phi) is 3.85. The fourth-order valence-electron chi connectivity index (χ4n) is 2.40. The lowest BCUT2D eigenvalue weighted by Crippen LogP contribution is -2.33. The van der Waals surface area contributed by atoms with E-state index in [1.54, 1.807) is 0 Å². The Labute approximate surface area is 104 Å². The SMILES string of the molecule is CCC(C)C(Cc1ccn2ccccc12)NC. The van der Waals surface area contributed by atoms with E-state index in [1.807, 2.05) is 0 Å². The van der Waals surface area contributed by atoms with E-state index in [0.717, 1.165) is 6.42 Å². The first-order valence-electron chi connectivity index (χ1n) is 6.48. The van der Waals surface area contributed by atoms with Crippen LogP contribution in [0.15, 0.2) is 36.7 Å².